The second-order valence-corrected chi connectivity index (χ2v) is 11.5. The van der Waals surface area contributed by atoms with Crippen molar-refractivity contribution < 1.29 is 4.42 Å². The van der Waals surface area contributed by atoms with Gasteiger partial charge in [0.05, 0.1) is 5.52 Å². The largest absolute Gasteiger partial charge is 0.456 e. The Bertz CT molecular complexity index is 2500. The first-order valence-corrected chi connectivity index (χ1v) is 15.0. The molecule has 0 bridgehead atoms. The Morgan fingerprint density at radius 3 is 1.77 bits per heavy atom. The summed E-state index contributed by atoms with van der Waals surface area (Å²) in [5.74, 6) is 0. The van der Waals surface area contributed by atoms with Crippen LogP contribution in [0.5, 0.6) is 0 Å². The quantitative estimate of drug-likeness (QED) is 0.227. The van der Waals surface area contributed by atoms with Gasteiger partial charge in [0.15, 0.2) is 0 Å². The van der Waals surface area contributed by atoms with E-state index in [1.54, 1.807) is 0 Å². The number of H-pyrrole nitrogens is 1. The molecule has 0 aliphatic rings. The molecule has 44 heavy (non-hydrogen) atoms. The lowest BCUT2D eigenvalue weighted by molar-refractivity contribution is 0.669. The molecule has 2 nitrogen and oxygen atoms in total. The lowest BCUT2D eigenvalue weighted by Gasteiger charge is -2.09. The molecule has 2 aromatic heterocycles. The molecule has 9 aromatic rings. The number of furan rings is 1. The molecule has 0 atom stereocenters. The molecule has 0 aliphatic carbocycles. The first kappa shape index (κ1) is 24.7. The number of benzene rings is 7. The molecule has 7 aromatic carbocycles. The van der Waals surface area contributed by atoms with Gasteiger partial charge >= 0.3 is 0 Å². The Balaban J connectivity index is 1.11. The summed E-state index contributed by atoms with van der Waals surface area (Å²) in [5.41, 5.74) is 13.7. The minimum absolute atomic E-state index is 0.915. The van der Waals surface area contributed by atoms with Gasteiger partial charge in [-0.1, -0.05) is 115 Å². The van der Waals surface area contributed by atoms with Crippen molar-refractivity contribution in [1.29, 1.82) is 0 Å². The number of hydrogen-bond donors (Lipinski definition) is 1. The molecule has 206 valence electrons. The Morgan fingerprint density at radius 2 is 0.932 bits per heavy atom. The van der Waals surface area contributed by atoms with Crippen molar-refractivity contribution in [1.82, 2.24) is 4.98 Å². The fourth-order valence-electron chi connectivity index (χ4n) is 6.62. The highest BCUT2D eigenvalue weighted by Gasteiger charge is 2.13. The molecule has 9 rings (SSSR count). The number of aromatic amines is 1. The number of fused-ring (bicyclic) bond motifs is 6. The van der Waals surface area contributed by atoms with Gasteiger partial charge in [0, 0.05) is 32.6 Å². The summed E-state index contributed by atoms with van der Waals surface area (Å²) in [7, 11) is 0. The predicted octanol–water partition coefficient (Wildman–Crippen LogP) is 11.9. The Hall–Kier alpha value is -5.86. The summed E-state index contributed by atoms with van der Waals surface area (Å²) in [6.07, 6.45) is 0. The second kappa shape index (κ2) is 9.86. The van der Waals surface area contributed by atoms with Crippen LogP contribution < -0.4 is 0 Å². The first-order valence-electron chi connectivity index (χ1n) is 15.0. The van der Waals surface area contributed by atoms with Crippen LogP contribution in [0, 0.1) is 0 Å². The van der Waals surface area contributed by atoms with Crippen LogP contribution in [0.25, 0.3) is 88.3 Å². The molecule has 0 spiro atoms. The third-order valence-electron chi connectivity index (χ3n) is 8.82. The summed E-state index contributed by atoms with van der Waals surface area (Å²) in [6.45, 7) is 0. The van der Waals surface area contributed by atoms with Crippen molar-refractivity contribution in [3.05, 3.63) is 158 Å². The van der Waals surface area contributed by atoms with Gasteiger partial charge in [-0.25, -0.2) is 0 Å². The Kier molecular flexibility index (Phi) is 5.54. The third-order valence-corrected chi connectivity index (χ3v) is 8.82. The highest BCUT2D eigenvalue weighted by molar-refractivity contribution is 6.13. The van der Waals surface area contributed by atoms with Gasteiger partial charge < -0.3 is 9.40 Å². The van der Waals surface area contributed by atoms with E-state index in [2.05, 4.69) is 151 Å². The molecule has 0 aliphatic heterocycles. The highest BCUT2D eigenvalue weighted by Crippen LogP contribution is 2.37. The van der Waals surface area contributed by atoms with Crippen molar-refractivity contribution in [2.45, 2.75) is 0 Å². The van der Waals surface area contributed by atoms with Gasteiger partial charge in [-0.2, -0.15) is 0 Å². The Morgan fingerprint density at radius 1 is 0.341 bits per heavy atom. The molecule has 0 amide bonds. The van der Waals surface area contributed by atoms with E-state index in [9.17, 15) is 0 Å². The molecule has 0 unspecified atom stereocenters. The van der Waals surface area contributed by atoms with E-state index in [0.29, 0.717) is 0 Å². The molecule has 0 saturated heterocycles. The van der Waals surface area contributed by atoms with Gasteiger partial charge in [-0.3, -0.25) is 0 Å². The standard InChI is InChI=1S/C42H27NO/c1-2-9-27(10-3-1)31-20-22-39-38(25-31)37-17-8-16-34(42(37)43-39)33-14-7-13-30(24-33)28-11-6-12-29(23-28)32-19-21-36-35-15-4-5-18-40(35)44-41(36)26-32/h1-26,43H. The first-order chi connectivity index (χ1) is 21.8. The maximum atomic E-state index is 6.18. The zero-order valence-corrected chi connectivity index (χ0v) is 23.9. The van der Waals surface area contributed by atoms with E-state index in [1.807, 2.05) is 12.1 Å². The normalized spacial score (nSPS) is 11.6. The maximum absolute atomic E-state index is 6.18. The van der Waals surface area contributed by atoms with E-state index in [-0.39, 0.29) is 0 Å². The van der Waals surface area contributed by atoms with E-state index in [0.717, 1.165) is 38.5 Å². The highest BCUT2D eigenvalue weighted by atomic mass is 16.3. The second-order valence-electron chi connectivity index (χ2n) is 11.5. The molecule has 0 saturated carbocycles. The van der Waals surface area contributed by atoms with Gasteiger partial charge in [0.1, 0.15) is 11.2 Å². The molecule has 2 heteroatoms. The Labute approximate surface area is 254 Å². The van der Waals surface area contributed by atoms with E-state index in [4.69, 9.17) is 4.42 Å². The zero-order chi connectivity index (χ0) is 29.0. The van der Waals surface area contributed by atoms with Crippen molar-refractivity contribution >= 4 is 43.7 Å². The molecular formula is C42H27NO. The van der Waals surface area contributed by atoms with Gasteiger partial charge in [-0.15, -0.1) is 0 Å². The van der Waals surface area contributed by atoms with Crippen LogP contribution in [0.15, 0.2) is 162 Å². The van der Waals surface area contributed by atoms with Crippen molar-refractivity contribution in [3.8, 4) is 44.5 Å². The molecule has 1 N–H and O–H groups in total. The predicted molar refractivity (Wildman–Crippen MR) is 185 cm³/mol. The monoisotopic (exact) mass is 561 g/mol. The average molecular weight is 562 g/mol. The van der Waals surface area contributed by atoms with Crippen molar-refractivity contribution in [3.63, 3.8) is 0 Å². The van der Waals surface area contributed by atoms with E-state index < -0.39 is 0 Å². The topological polar surface area (TPSA) is 28.9 Å². The molecular weight excluding hydrogens is 534 g/mol. The van der Waals surface area contributed by atoms with Crippen molar-refractivity contribution in [2.75, 3.05) is 0 Å². The van der Waals surface area contributed by atoms with Gasteiger partial charge in [0.25, 0.3) is 0 Å². The number of rotatable bonds is 4. The summed E-state index contributed by atoms with van der Waals surface area (Å²) in [5, 5.41) is 4.79. The van der Waals surface area contributed by atoms with Crippen LogP contribution in [0.2, 0.25) is 0 Å². The number of hydrogen-bond acceptors (Lipinski definition) is 1. The summed E-state index contributed by atoms with van der Waals surface area (Å²) < 4.78 is 6.18. The van der Waals surface area contributed by atoms with E-state index in [1.165, 1.54) is 49.7 Å². The molecule has 2 heterocycles. The minimum Gasteiger partial charge on any atom is -0.456 e. The van der Waals surface area contributed by atoms with Crippen LogP contribution in [0.3, 0.4) is 0 Å². The number of nitrogens with one attached hydrogen (secondary N) is 1. The lowest BCUT2D eigenvalue weighted by Crippen LogP contribution is -1.84. The minimum atomic E-state index is 0.915. The van der Waals surface area contributed by atoms with Crippen LogP contribution >= 0.6 is 0 Å². The van der Waals surface area contributed by atoms with Crippen LogP contribution in [-0.4, -0.2) is 4.98 Å². The lowest BCUT2D eigenvalue weighted by atomic mass is 9.95. The van der Waals surface area contributed by atoms with E-state index >= 15 is 0 Å². The summed E-state index contributed by atoms with van der Waals surface area (Å²) in [6, 6.07) is 56.3. The van der Waals surface area contributed by atoms with Crippen LogP contribution in [0.4, 0.5) is 0 Å². The zero-order valence-electron chi connectivity index (χ0n) is 23.9. The molecule has 0 fully saturated rings. The summed E-state index contributed by atoms with van der Waals surface area (Å²) >= 11 is 0. The van der Waals surface area contributed by atoms with Crippen LogP contribution in [0.1, 0.15) is 0 Å². The SMILES string of the molecule is c1ccc(-c2ccc3[nH]c4c(-c5cccc(-c6cccc(-c7ccc8c(c7)oc7ccccc78)c6)c5)cccc4c3c2)cc1. The maximum Gasteiger partial charge on any atom is 0.136 e. The van der Waals surface area contributed by atoms with Gasteiger partial charge in [0.2, 0.25) is 0 Å². The third kappa shape index (κ3) is 4.04. The average Bonchev–Trinajstić information content (AvgIpc) is 3.66. The number of para-hydroxylation sites is 2. The summed E-state index contributed by atoms with van der Waals surface area (Å²) in [4.78, 5) is 3.73. The van der Waals surface area contributed by atoms with Gasteiger partial charge in [-0.05, 0) is 81.4 Å². The fraction of sp³-hybridized carbons (Fsp3) is 0. The molecule has 0 radical (unpaired) electrons. The van der Waals surface area contributed by atoms with Crippen molar-refractivity contribution in [2.24, 2.45) is 0 Å². The fourth-order valence-corrected chi connectivity index (χ4v) is 6.62. The smallest absolute Gasteiger partial charge is 0.136 e. The van der Waals surface area contributed by atoms with Crippen LogP contribution in [-0.2, 0) is 0 Å². The number of aromatic nitrogens is 1.